The van der Waals surface area contributed by atoms with Crippen LogP contribution < -0.4 is 31.1 Å². The summed E-state index contributed by atoms with van der Waals surface area (Å²) >= 11 is 0. The van der Waals surface area contributed by atoms with Gasteiger partial charge in [-0.25, -0.2) is 0 Å². The molecule has 9 aromatic carbocycles. The van der Waals surface area contributed by atoms with Crippen LogP contribution in [-0.4, -0.2) is 12.3 Å². The van der Waals surface area contributed by atoms with E-state index in [4.69, 9.17) is 0 Å². The molecule has 0 amide bonds. The van der Waals surface area contributed by atoms with E-state index < -0.39 is 0 Å². The van der Waals surface area contributed by atoms with Crippen molar-refractivity contribution in [2.75, 3.05) is 14.7 Å². The van der Waals surface area contributed by atoms with Gasteiger partial charge in [-0.15, -0.1) is 0 Å². The van der Waals surface area contributed by atoms with Crippen molar-refractivity contribution in [1.29, 1.82) is 0 Å². The standard InChI is InChI=1S/C82H90BN3/c1-76(2,3)57-33-30-53(31-34-57)56-32-40-70-65(46-56)81(16)44-24-25-45-82(81,17)86(70)62-51-73-75-74(52-62)85(69-42-37-59(78(7,8)9)48-64(69)55-28-22-19-23-29-55)72-50-61(80(13,14)15)35-39-66(72)83(75)67-49-60(79(10,11)12)38-43-71(67)84(73)68-41-36-58(77(4,5)6)47-63(68)54-26-20-18-21-27-54/h18-23,26-43,46-52H,24-25,44-45H2,1-17H3. The molecule has 0 aromatic heterocycles. The van der Waals surface area contributed by atoms with Crippen molar-refractivity contribution < 1.29 is 0 Å². The zero-order chi connectivity index (χ0) is 60.8. The third kappa shape index (κ3) is 9.37. The zero-order valence-corrected chi connectivity index (χ0v) is 54.6. The predicted molar refractivity (Wildman–Crippen MR) is 373 cm³/mol. The molecule has 1 fully saturated rings. The van der Waals surface area contributed by atoms with Gasteiger partial charge in [0.25, 0.3) is 6.71 Å². The third-order valence-corrected chi connectivity index (χ3v) is 20.6. The molecule has 3 aliphatic heterocycles. The number of fused-ring (bicyclic) bond motifs is 7. The van der Waals surface area contributed by atoms with Crippen molar-refractivity contribution in [3.05, 3.63) is 221 Å². The van der Waals surface area contributed by atoms with Crippen LogP contribution in [-0.2, 0) is 32.5 Å². The lowest BCUT2D eigenvalue weighted by Crippen LogP contribution is -2.62. The van der Waals surface area contributed by atoms with Gasteiger partial charge in [-0.1, -0.05) is 251 Å². The SMILES string of the molecule is CC(C)(C)c1ccc(-c2ccc3c(c2)C2(C)CCCCC2(C)N3c2cc3c4c(c2)N(c2ccc(C(C)(C)C)cc2-c2ccccc2)c2cc(C(C)(C)C)ccc2B4c2cc(C(C)(C)C)ccc2N3c2ccc(C(C)(C)C)cc2-c2ccccc2)cc1. The molecule has 13 rings (SSSR count). The lowest BCUT2D eigenvalue weighted by Gasteiger charge is -2.51. The summed E-state index contributed by atoms with van der Waals surface area (Å²) in [7, 11) is 0. The maximum Gasteiger partial charge on any atom is 0.252 e. The van der Waals surface area contributed by atoms with Crippen LogP contribution in [0.5, 0.6) is 0 Å². The van der Waals surface area contributed by atoms with Gasteiger partial charge in [0.15, 0.2) is 0 Å². The Bertz CT molecular complexity index is 4120. The van der Waals surface area contributed by atoms with Crippen LogP contribution >= 0.6 is 0 Å². The number of nitrogens with zero attached hydrogens (tertiary/aromatic N) is 3. The number of rotatable bonds is 6. The Labute approximate surface area is 516 Å². The van der Waals surface area contributed by atoms with Gasteiger partial charge >= 0.3 is 0 Å². The van der Waals surface area contributed by atoms with Gasteiger partial charge in [-0.3, -0.25) is 0 Å². The summed E-state index contributed by atoms with van der Waals surface area (Å²) in [6, 6.07) is 74.3. The van der Waals surface area contributed by atoms with Gasteiger partial charge in [0.05, 0.1) is 16.9 Å². The van der Waals surface area contributed by atoms with E-state index in [1.54, 1.807) is 0 Å². The molecule has 1 aliphatic carbocycles. The summed E-state index contributed by atoms with van der Waals surface area (Å²) in [4.78, 5) is 8.27. The lowest BCUT2D eigenvalue weighted by atomic mass is 9.33. The lowest BCUT2D eigenvalue weighted by molar-refractivity contribution is 0.195. The van der Waals surface area contributed by atoms with Crippen LogP contribution in [0.4, 0.5) is 45.5 Å². The Balaban J connectivity index is 1.18. The summed E-state index contributed by atoms with van der Waals surface area (Å²) < 4.78 is 0. The molecule has 3 nitrogen and oxygen atoms in total. The first kappa shape index (κ1) is 57.5. The average Bonchev–Trinajstić information content (AvgIpc) is 1.13. The highest BCUT2D eigenvalue weighted by Crippen LogP contribution is 2.63. The van der Waals surface area contributed by atoms with Crippen LogP contribution in [0.25, 0.3) is 33.4 Å². The number of benzene rings is 9. The fourth-order valence-electron chi connectivity index (χ4n) is 15.1. The molecule has 0 bridgehead atoms. The quantitative estimate of drug-likeness (QED) is 0.154. The van der Waals surface area contributed by atoms with Gasteiger partial charge < -0.3 is 14.7 Å². The van der Waals surface area contributed by atoms with Gasteiger partial charge in [-0.2, -0.15) is 0 Å². The summed E-state index contributed by atoms with van der Waals surface area (Å²) in [6.07, 6.45) is 4.61. The minimum absolute atomic E-state index is 0.0657. The molecule has 1 saturated carbocycles. The van der Waals surface area contributed by atoms with Crippen molar-refractivity contribution in [3.8, 4) is 33.4 Å². The maximum atomic E-state index is 2.84. The Kier molecular flexibility index (Phi) is 13.4. The van der Waals surface area contributed by atoms with Crippen molar-refractivity contribution in [2.45, 2.75) is 181 Å². The van der Waals surface area contributed by atoms with Crippen molar-refractivity contribution in [1.82, 2.24) is 0 Å². The minimum atomic E-state index is -0.231. The van der Waals surface area contributed by atoms with Crippen molar-refractivity contribution >= 4 is 68.6 Å². The van der Waals surface area contributed by atoms with E-state index in [9.17, 15) is 0 Å². The second-order valence-corrected chi connectivity index (χ2v) is 31.5. The molecule has 3 heterocycles. The van der Waals surface area contributed by atoms with Crippen molar-refractivity contribution in [3.63, 3.8) is 0 Å². The highest BCUT2D eigenvalue weighted by Gasteiger charge is 2.58. The van der Waals surface area contributed by atoms with Crippen LogP contribution in [0.2, 0.25) is 0 Å². The fourth-order valence-corrected chi connectivity index (χ4v) is 15.1. The van der Waals surface area contributed by atoms with Gasteiger partial charge in [0.1, 0.15) is 0 Å². The minimum Gasteiger partial charge on any atom is -0.334 e. The first-order chi connectivity index (χ1) is 40.5. The van der Waals surface area contributed by atoms with E-state index in [1.165, 1.54) is 141 Å². The van der Waals surface area contributed by atoms with Gasteiger partial charge in [0.2, 0.25) is 0 Å². The average molecular weight is 1130 g/mol. The summed E-state index contributed by atoms with van der Waals surface area (Å²) in [6.45, 7) is 40.4. The third-order valence-electron chi connectivity index (χ3n) is 20.6. The van der Waals surface area contributed by atoms with Crippen molar-refractivity contribution in [2.24, 2.45) is 0 Å². The molecule has 86 heavy (non-hydrogen) atoms. The Morgan fingerprint density at radius 2 is 0.767 bits per heavy atom. The largest absolute Gasteiger partial charge is 0.334 e. The van der Waals surface area contributed by atoms with E-state index in [1.807, 2.05) is 0 Å². The predicted octanol–water partition coefficient (Wildman–Crippen LogP) is 21.0. The van der Waals surface area contributed by atoms with Crippen LogP contribution in [0, 0.1) is 0 Å². The van der Waals surface area contributed by atoms with Gasteiger partial charge in [0, 0.05) is 50.7 Å². The molecule has 4 aliphatic rings. The molecular formula is C82H90BN3. The zero-order valence-electron chi connectivity index (χ0n) is 54.6. The molecule has 0 N–H and O–H groups in total. The van der Waals surface area contributed by atoms with E-state index in [0.29, 0.717) is 0 Å². The smallest absolute Gasteiger partial charge is 0.252 e. The monoisotopic (exact) mass is 1130 g/mol. The number of anilines is 8. The fraction of sp³-hybridized carbons (Fsp3) is 0.341. The van der Waals surface area contributed by atoms with E-state index >= 15 is 0 Å². The Hall–Kier alpha value is -7.56. The van der Waals surface area contributed by atoms with Crippen LogP contribution in [0.3, 0.4) is 0 Å². The maximum absolute atomic E-state index is 2.84. The summed E-state index contributed by atoms with van der Waals surface area (Å²) in [5, 5.41) is 0. The van der Waals surface area contributed by atoms with E-state index in [0.717, 1.165) is 12.8 Å². The van der Waals surface area contributed by atoms with Gasteiger partial charge in [-0.05, 0) is 180 Å². The normalized spacial score (nSPS) is 18.3. The van der Waals surface area contributed by atoms with E-state index in [-0.39, 0.29) is 44.7 Å². The Morgan fingerprint density at radius 3 is 1.29 bits per heavy atom. The molecule has 436 valence electrons. The second kappa shape index (κ2) is 20.0. The molecule has 0 saturated heterocycles. The highest BCUT2D eigenvalue weighted by molar-refractivity contribution is 7.00. The molecule has 0 radical (unpaired) electrons. The van der Waals surface area contributed by atoms with E-state index in [2.05, 4.69) is 320 Å². The topological polar surface area (TPSA) is 9.72 Å². The highest BCUT2D eigenvalue weighted by atomic mass is 15.3. The Morgan fingerprint density at radius 1 is 0.337 bits per heavy atom. The molecule has 4 heteroatoms. The number of hydrogen-bond donors (Lipinski definition) is 0. The molecule has 9 aromatic rings. The second-order valence-electron chi connectivity index (χ2n) is 31.5. The summed E-state index contributed by atoms with van der Waals surface area (Å²) in [5.74, 6) is 0. The summed E-state index contributed by atoms with van der Waals surface area (Å²) in [5.41, 5.74) is 28.9. The molecule has 2 unspecified atom stereocenters. The van der Waals surface area contributed by atoms with Crippen LogP contribution in [0.15, 0.2) is 188 Å². The number of hydrogen-bond acceptors (Lipinski definition) is 3. The first-order valence-electron chi connectivity index (χ1n) is 32.1. The molecular weight excluding hydrogens is 1040 g/mol. The molecule has 2 atom stereocenters. The van der Waals surface area contributed by atoms with Crippen LogP contribution in [0.1, 0.15) is 177 Å². The first-order valence-corrected chi connectivity index (χ1v) is 32.1. The molecule has 0 spiro atoms.